The highest BCUT2D eigenvalue weighted by Gasteiger charge is 1.84. The van der Waals surface area contributed by atoms with E-state index in [2.05, 4.69) is 31.3 Å². The lowest BCUT2D eigenvalue weighted by atomic mass is 10.2. The second-order valence-electron chi connectivity index (χ2n) is 2.98. The van der Waals surface area contributed by atoms with E-state index in [0.29, 0.717) is 0 Å². The summed E-state index contributed by atoms with van der Waals surface area (Å²) >= 11 is 0. The minimum Gasteiger partial charge on any atom is -0.330 e. The Hall–Kier alpha value is -0.860. The lowest BCUT2D eigenvalue weighted by molar-refractivity contribution is 0.762. The molecule has 0 aliphatic rings. The maximum atomic E-state index is 5.36. The molecule has 0 aliphatic carbocycles. The first-order valence-electron chi connectivity index (χ1n) is 5.29. The summed E-state index contributed by atoms with van der Waals surface area (Å²) < 4.78 is 0. The van der Waals surface area contributed by atoms with Crippen LogP contribution in [0.1, 0.15) is 19.4 Å². The van der Waals surface area contributed by atoms with Gasteiger partial charge in [0.15, 0.2) is 0 Å². The van der Waals surface area contributed by atoms with Crippen molar-refractivity contribution in [3.63, 3.8) is 0 Å². The van der Waals surface area contributed by atoms with E-state index in [-0.39, 0.29) is 0 Å². The van der Waals surface area contributed by atoms with Crippen LogP contribution in [0.25, 0.3) is 0 Å². The Bertz CT molecular complexity index is 195. The molecule has 1 rings (SSSR count). The van der Waals surface area contributed by atoms with E-state index >= 15 is 0 Å². The van der Waals surface area contributed by atoms with E-state index < -0.39 is 0 Å². The van der Waals surface area contributed by atoms with Crippen LogP contribution in [0.5, 0.6) is 0 Å². The van der Waals surface area contributed by atoms with Gasteiger partial charge in [-0.3, -0.25) is 0 Å². The van der Waals surface area contributed by atoms with E-state index in [1.807, 2.05) is 18.2 Å². The second kappa shape index (κ2) is 10.2. The van der Waals surface area contributed by atoms with E-state index in [0.717, 1.165) is 26.1 Å². The maximum absolute atomic E-state index is 5.36. The van der Waals surface area contributed by atoms with Gasteiger partial charge >= 0.3 is 0 Å². The molecule has 3 N–H and O–H groups in total. The van der Waals surface area contributed by atoms with Crippen molar-refractivity contribution in [2.75, 3.05) is 19.6 Å². The Balaban J connectivity index is 0.000000292. The van der Waals surface area contributed by atoms with Gasteiger partial charge in [0.2, 0.25) is 0 Å². The SMILES string of the molecule is CCNCC.NCCc1ccccc1. The number of hydrogen-bond acceptors (Lipinski definition) is 2. The molecule has 0 atom stereocenters. The van der Waals surface area contributed by atoms with Gasteiger partial charge in [-0.1, -0.05) is 44.2 Å². The van der Waals surface area contributed by atoms with Crippen LogP contribution in [0.15, 0.2) is 30.3 Å². The quantitative estimate of drug-likeness (QED) is 0.767. The molecule has 14 heavy (non-hydrogen) atoms. The fourth-order valence-corrected chi connectivity index (χ4v) is 1.06. The molecule has 0 aliphatic heterocycles. The van der Waals surface area contributed by atoms with Gasteiger partial charge in [-0.25, -0.2) is 0 Å². The van der Waals surface area contributed by atoms with Gasteiger partial charge in [0, 0.05) is 0 Å². The number of benzene rings is 1. The second-order valence-corrected chi connectivity index (χ2v) is 2.98. The third-order valence-electron chi connectivity index (χ3n) is 1.78. The molecule has 0 saturated heterocycles. The molecule has 0 unspecified atom stereocenters. The fourth-order valence-electron chi connectivity index (χ4n) is 1.06. The number of rotatable bonds is 4. The van der Waals surface area contributed by atoms with Crippen LogP contribution < -0.4 is 11.1 Å². The first-order chi connectivity index (χ1) is 6.85. The summed E-state index contributed by atoms with van der Waals surface area (Å²) in [4.78, 5) is 0. The van der Waals surface area contributed by atoms with E-state index in [9.17, 15) is 0 Å². The summed E-state index contributed by atoms with van der Waals surface area (Å²) in [5.41, 5.74) is 6.68. The van der Waals surface area contributed by atoms with Gasteiger partial charge in [-0.15, -0.1) is 0 Å². The Morgan fingerprint density at radius 2 is 1.64 bits per heavy atom. The molecule has 2 heteroatoms. The van der Waals surface area contributed by atoms with Crippen LogP contribution >= 0.6 is 0 Å². The largest absolute Gasteiger partial charge is 0.330 e. The van der Waals surface area contributed by atoms with Gasteiger partial charge in [-0.05, 0) is 31.6 Å². The van der Waals surface area contributed by atoms with Crippen molar-refractivity contribution in [1.29, 1.82) is 0 Å². The first-order valence-corrected chi connectivity index (χ1v) is 5.29. The average molecular weight is 194 g/mol. The van der Waals surface area contributed by atoms with Crippen LogP contribution in [-0.4, -0.2) is 19.6 Å². The smallest absolute Gasteiger partial charge is 0.00367 e. The van der Waals surface area contributed by atoms with Crippen LogP contribution in [0, 0.1) is 0 Å². The van der Waals surface area contributed by atoms with Gasteiger partial charge in [0.05, 0.1) is 0 Å². The molecule has 0 fully saturated rings. The topological polar surface area (TPSA) is 38.0 Å². The molecule has 80 valence electrons. The lowest BCUT2D eigenvalue weighted by Gasteiger charge is -1.93. The Morgan fingerprint density at radius 3 is 2.00 bits per heavy atom. The monoisotopic (exact) mass is 194 g/mol. The molecule has 0 aromatic heterocycles. The number of nitrogens with two attached hydrogens (primary N) is 1. The standard InChI is InChI=1S/C8H11N.C4H11N/c9-7-6-8-4-2-1-3-5-8;1-3-5-4-2/h1-5H,6-7,9H2;5H,3-4H2,1-2H3. The van der Waals surface area contributed by atoms with Crippen LogP contribution in [0.2, 0.25) is 0 Å². The Morgan fingerprint density at radius 1 is 1.07 bits per heavy atom. The molecule has 2 nitrogen and oxygen atoms in total. The third-order valence-corrected chi connectivity index (χ3v) is 1.78. The van der Waals surface area contributed by atoms with Crippen molar-refractivity contribution >= 4 is 0 Å². The molecular formula is C12H22N2. The molecule has 0 bridgehead atoms. The van der Waals surface area contributed by atoms with E-state index in [1.54, 1.807) is 0 Å². The van der Waals surface area contributed by atoms with Crippen LogP contribution in [-0.2, 0) is 6.42 Å². The van der Waals surface area contributed by atoms with Crippen molar-refractivity contribution in [2.24, 2.45) is 5.73 Å². The van der Waals surface area contributed by atoms with Gasteiger partial charge in [0.1, 0.15) is 0 Å². The first kappa shape index (κ1) is 13.1. The Kier molecular flexibility index (Phi) is 9.59. The average Bonchev–Trinajstić information content (AvgIpc) is 2.22. The lowest BCUT2D eigenvalue weighted by Crippen LogP contribution is -2.09. The van der Waals surface area contributed by atoms with Gasteiger partial charge < -0.3 is 11.1 Å². The molecule has 0 heterocycles. The van der Waals surface area contributed by atoms with Crippen molar-refractivity contribution in [2.45, 2.75) is 20.3 Å². The molecule has 0 spiro atoms. The van der Waals surface area contributed by atoms with Gasteiger partial charge in [0.25, 0.3) is 0 Å². The summed E-state index contributed by atoms with van der Waals surface area (Å²) in [5.74, 6) is 0. The van der Waals surface area contributed by atoms with Crippen molar-refractivity contribution in [3.05, 3.63) is 35.9 Å². The summed E-state index contributed by atoms with van der Waals surface area (Å²) in [6, 6.07) is 10.3. The molecule has 1 aromatic carbocycles. The van der Waals surface area contributed by atoms with Crippen molar-refractivity contribution in [1.82, 2.24) is 5.32 Å². The van der Waals surface area contributed by atoms with E-state index in [4.69, 9.17) is 5.73 Å². The highest BCUT2D eigenvalue weighted by atomic mass is 14.8. The fraction of sp³-hybridized carbons (Fsp3) is 0.500. The predicted molar refractivity (Wildman–Crippen MR) is 63.4 cm³/mol. The molecule has 0 radical (unpaired) electrons. The normalized spacial score (nSPS) is 9.07. The maximum Gasteiger partial charge on any atom is -0.00367 e. The van der Waals surface area contributed by atoms with Crippen LogP contribution in [0.3, 0.4) is 0 Å². The summed E-state index contributed by atoms with van der Waals surface area (Å²) in [6.45, 7) is 7.13. The predicted octanol–water partition coefficient (Wildman–Crippen LogP) is 1.80. The minimum atomic E-state index is 0.740. The number of nitrogens with one attached hydrogen (secondary N) is 1. The highest BCUT2D eigenvalue weighted by molar-refractivity contribution is 5.14. The van der Waals surface area contributed by atoms with Crippen molar-refractivity contribution < 1.29 is 0 Å². The van der Waals surface area contributed by atoms with Crippen molar-refractivity contribution in [3.8, 4) is 0 Å². The Labute approximate surface area is 87.5 Å². The minimum absolute atomic E-state index is 0.740. The summed E-state index contributed by atoms with van der Waals surface area (Å²) in [5, 5.41) is 3.11. The van der Waals surface area contributed by atoms with E-state index in [1.165, 1.54) is 5.56 Å². The zero-order chi connectivity index (χ0) is 10.6. The molecule has 1 aromatic rings. The summed E-state index contributed by atoms with van der Waals surface area (Å²) in [6.07, 6.45) is 0.987. The number of hydrogen-bond donors (Lipinski definition) is 2. The van der Waals surface area contributed by atoms with Crippen LogP contribution in [0.4, 0.5) is 0 Å². The zero-order valence-electron chi connectivity index (χ0n) is 9.29. The molecule has 0 amide bonds. The summed E-state index contributed by atoms with van der Waals surface area (Å²) in [7, 11) is 0. The van der Waals surface area contributed by atoms with Gasteiger partial charge in [-0.2, -0.15) is 0 Å². The highest BCUT2D eigenvalue weighted by Crippen LogP contribution is 1.96. The zero-order valence-corrected chi connectivity index (χ0v) is 9.29. The third kappa shape index (κ3) is 7.77. The molecular weight excluding hydrogens is 172 g/mol. The molecule has 0 saturated carbocycles.